The molecule has 0 atom stereocenters. The first kappa shape index (κ1) is 55.3. The Bertz CT molecular complexity index is 4010. The Morgan fingerprint density at radius 3 is 0.859 bits per heavy atom. The van der Waals surface area contributed by atoms with Gasteiger partial charge in [-0.1, -0.05) is 295 Å². The summed E-state index contributed by atoms with van der Waals surface area (Å²) in [6, 6.07) is 94.4. The van der Waals surface area contributed by atoms with Crippen LogP contribution in [-0.2, 0) is 21.7 Å². The SMILES string of the molecule is CC(C)(C)c1cc(-c2ccccc2N2c3cc(-c4ccccc4-c4ccccc4)ccc3B3c4ccc(-c5ccccc5-c5ccccc5)cc4N(c4ccccc4-c4cc(C(C)(C)C)cc(C(C)(C)C)c4)c4cccc2c43)cc(C(C)(C)C)c1. The quantitative estimate of drug-likeness (QED) is 0.140. The zero-order valence-corrected chi connectivity index (χ0v) is 51.6. The number of fused-ring (bicyclic) bond motifs is 4. The molecule has 0 bridgehead atoms. The van der Waals surface area contributed by atoms with Crippen molar-refractivity contribution in [1.29, 1.82) is 0 Å². The molecule has 0 aliphatic carbocycles. The Morgan fingerprint density at radius 2 is 0.518 bits per heavy atom. The number of para-hydroxylation sites is 2. The molecule has 2 aliphatic heterocycles. The topological polar surface area (TPSA) is 6.48 Å². The molecular formula is C82H77BN2. The van der Waals surface area contributed by atoms with E-state index in [4.69, 9.17) is 0 Å². The van der Waals surface area contributed by atoms with E-state index in [9.17, 15) is 0 Å². The van der Waals surface area contributed by atoms with Crippen LogP contribution in [0.4, 0.5) is 34.1 Å². The summed E-state index contributed by atoms with van der Waals surface area (Å²) >= 11 is 0. The molecule has 418 valence electrons. The highest BCUT2D eigenvalue weighted by Gasteiger charge is 2.44. The third-order valence-corrected chi connectivity index (χ3v) is 17.9. The van der Waals surface area contributed by atoms with Gasteiger partial charge in [0.1, 0.15) is 0 Å². The molecular weight excluding hydrogens is 1020 g/mol. The van der Waals surface area contributed by atoms with Gasteiger partial charge in [0.25, 0.3) is 6.71 Å². The highest BCUT2D eigenvalue weighted by Crippen LogP contribution is 2.51. The normalized spacial score (nSPS) is 13.1. The predicted molar refractivity (Wildman–Crippen MR) is 368 cm³/mol. The minimum Gasteiger partial charge on any atom is -0.311 e. The van der Waals surface area contributed by atoms with Crippen molar-refractivity contribution in [3.63, 3.8) is 0 Å². The molecule has 85 heavy (non-hydrogen) atoms. The molecule has 0 amide bonds. The van der Waals surface area contributed by atoms with Gasteiger partial charge in [0.05, 0.1) is 11.4 Å². The van der Waals surface area contributed by atoms with Gasteiger partial charge >= 0.3 is 0 Å². The maximum absolute atomic E-state index is 2.62. The Labute approximate surface area is 506 Å². The molecule has 0 N–H and O–H groups in total. The number of anilines is 6. The van der Waals surface area contributed by atoms with Crippen molar-refractivity contribution in [2.75, 3.05) is 9.80 Å². The molecule has 2 nitrogen and oxygen atoms in total. The third-order valence-electron chi connectivity index (χ3n) is 17.9. The fourth-order valence-electron chi connectivity index (χ4n) is 13.1. The number of hydrogen-bond donors (Lipinski definition) is 0. The van der Waals surface area contributed by atoms with Gasteiger partial charge < -0.3 is 9.80 Å². The second-order valence-electron chi connectivity index (χ2n) is 27.8. The van der Waals surface area contributed by atoms with E-state index in [1.165, 1.54) is 128 Å². The third kappa shape index (κ3) is 10.1. The fourth-order valence-corrected chi connectivity index (χ4v) is 13.1. The summed E-state index contributed by atoms with van der Waals surface area (Å²) in [4.78, 5) is 5.24. The van der Waals surface area contributed by atoms with Crippen molar-refractivity contribution in [2.45, 2.75) is 105 Å². The lowest BCUT2D eigenvalue weighted by Gasteiger charge is -2.45. The summed E-state index contributed by atoms with van der Waals surface area (Å²) in [6.07, 6.45) is 0. The van der Waals surface area contributed by atoms with E-state index in [-0.39, 0.29) is 28.4 Å². The summed E-state index contributed by atoms with van der Waals surface area (Å²) in [7, 11) is 0. The van der Waals surface area contributed by atoms with Gasteiger partial charge in [0, 0.05) is 33.9 Å². The van der Waals surface area contributed by atoms with Crippen LogP contribution in [0.25, 0.3) is 66.8 Å². The summed E-state index contributed by atoms with van der Waals surface area (Å²) in [6.45, 7) is 28.0. The van der Waals surface area contributed by atoms with Crippen LogP contribution in [0.3, 0.4) is 0 Å². The molecule has 0 aromatic heterocycles. The first-order valence-corrected chi connectivity index (χ1v) is 30.5. The Morgan fingerprint density at radius 1 is 0.224 bits per heavy atom. The lowest BCUT2D eigenvalue weighted by Crippen LogP contribution is -2.61. The second-order valence-corrected chi connectivity index (χ2v) is 27.8. The summed E-state index contributed by atoms with van der Waals surface area (Å²) in [5.74, 6) is 0. The van der Waals surface area contributed by atoms with Gasteiger partial charge in [-0.15, -0.1) is 0 Å². The molecule has 0 unspecified atom stereocenters. The van der Waals surface area contributed by atoms with E-state index < -0.39 is 0 Å². The Balaban J connectivity index is 1.12. The van der Waals surface area contributed by atoms with E-state index in [0.717, 1.165) is 11.4 Å². The first-order chi connectivity index (χ1) is 40.7. The Hall–Kier alpha value is -8.92. The van der Waals surface area contributed by atoms with Crippen LogP contribution in [-0.4, -0.2) is 6.71 Å². The zero-order chi connectivity index (χ0) is 59.2. The maximum atomic E-state index is 2.62. The van der Waals surface area contributed by atoms with Crippen molar-refractivity contribution in [2.24, 2.45) is 0 Å². The number of benzene rings is 11. The standard InChI is InChI=1S/C82H77BN2/c1-79(2,3)60-46-58(47-61(52-60)80(4,5)6)68-36-23-25-38-72(68)84-74-40-27-41-75-78(74)83(70-44-42-56(50-76(70)84)66-34-21-19-32-64(66)54-28-15-13-16-29-54)71-45-43-57(67-35-22-20-33-65(67)55-30-17-14-18-31-55)51-77(71)85(75)73-39-26-24-37-69(73)59-48-62(81(7,8)9)53-63(49-59)82(10,11)12/h13-53H,1-12H3. The largest absolute Gasteiger partial charge is 0.311 e. The van der Waals surface area contributed by atoms with Gasteiger partial charge in [-0.05, 0) is 152 Å². The molecule has 13 rings (SSSR count). The van der Waals surface area contributed by atoms with Crippen molar-refractivity contribution in [3.05, 3.63) is 271 Å². The van der Waals surface area contributed by atoms with Gasteiger partial charge in [0.15, 0.2) is 0 Å². The predicted octanol–water partition coefficient (Wildman–Crippen LogP) is 21.0. The van der Waals surface area contributed by atoms with E-state index in [0.29, 0.717) is 0 Å². The lowest BCUT2D eigenvalue weighted by atomic mass is 9.33. The molecule has 0 saturated carbocycles. The zero-order valence-electron chi connectivity index (χ0n) is 51.6. The fraction of sp³-hybridized carbons (Fsp3) is 0.195. The molecule has 2 aliphatic rings. The number of rotatable bonds is 8. The van der Waals surface area contributed by atoms with Crippen LogP contribution in [0.2, 0.25) is 0 Å². The second kappa shape index (κ2) is 21.0. The van der Waals surface area contributed by atoms with E-state index in [1.54, 1.807) is 0 Å². The smallest absolute Gasteiger partial charge is 0.252 e. The summed E-state index contributed by atoms with van der Waals surface area (Å²) in [5, 5.41) is 0. The molecule has 0 fully saturated rings. The molecule has 0 spiro atoms. The van der Waals surface area contributed by atoms with Crippen LogP contribution in [0.1, 0.15) is 105 Å². The number of nitrogens with zero attached hydrogens (tertiary/aromatic N) is 2. The minimum atomic E-state index is -0.103. The summed E-state index contributed by atoms with van der Waals surface area (Å²) in [5.41, 5.74) is 30.4. The molecule has 0 radical (unpaired) electrons. The van der Waals surface area contributed by atoms with Crippen LogP contribution in [0.15, 0.2) is 249 Å². The lowest BCUT2D eigenvalue weighted by molar-refractivity contribution is 0.568. The van der Waals surface area contributed by atoms with Gasteiger partial charge in [-0.25, -0.2) is 0 Å². The van der Waals surface area contributed by atoms with Crippen molar-refractivity contribution < 1.29 is 0 Å². The molecule has 11 aromatic rings. The van der Waals surface area contributed by atoms with Crippen molar-refractivity contribution >= 4 is 57.2 Å². The maximum Gasteiger partial charge on any atom is 0.252 e. The van der Waals surface area contributed by atoms with Gasteiger partial charge in [-0.2, -0.15) is 0 Å². The van der Waals surface area contributed by atoms with Crippen LogP contribution < -0.4 is 26.2 Å². The first-order valence-electron chi connectivity index (χ1n) is 30.5. The van der Waals surface area contributed by atoms with Crippen LogP contribution in [0.5, 0.6) is 0 Å². The van der Waals surface area contributed by atoms with Gasteiger partial charge in [-0.3, -0.25) is 0 Å². The molecule has 0 saturated heterocycles. The van der Waals surface area contributed by atoms with E-state index in [2.05, 4.69) is 342 Å². The highest BCUT2D eigenvalue weighted by atomic mass is 15.2. The van der Waals surface area contributed by atoms with Crippen LogP contribution in [0, 0.1) is 0 Å². The minimum absolute atomic E-state index is 0.0611. The van der Waals surface area contributed by atoms with Crippen molar-refractivity contribution in [3.8, 4) is 66.8 Å². The Kier molecular flexibility index (Phi) is 13.7. The molecule has 3 heteroatoms. The van der Waals surface area contributed by atoms with Crippen molar-refractivity contribution in [1.82, 2.24) is 0 Å². The highest BCUT2D eigenvalue weighted by molar-refractivity contribution is 7.00. The number of hydrogen-bond acceptors (Lipinski definition) is 2. The van der Waals surface area contributed by atoms with E-state index >= 15 is 0 Å². The summed E-state index contributed by atoms with van der Waals surface area (Å²) < 4.78 is 0. The van der Waals surface area contributed by atoms with E-state index in [1.807, 2.05) is 0 Å². The molecule has 11 aromatic carbocycles. The average Bonchev–Trinajstić information content (AvgIpc) is 0.808. The molecule has 2 heterocycles. The average molecular weight is 1100 g/mol. The van der Waals surface area contributed by atoms with Gasteiger partial charge in [0.2, 0.25) is 0 Å². The monoisotopic (exact) mass is 1100 g/mol. The van der Waals surface area contributed by atoms with Crippen LogP contribution >= 0.6 is 0 Å².